The lowest BCUT2D eigenvalue weighted by atomic mass is 10.2. The van der Waals surface area contributed by atoms with Crippen molar-refractivity contribution in [1.29, 1.82) is 0 Å². The first-order valence-electron chi connectivity index (χ1n) is 7.47. The Hall–Kier alpha value is -2.44. The summed E-state index contributed by atoms with van der Waals surface area (Å²) in [6.45, 7) is 7.01. The Morgan fingerprint density at radius 3 is 2.77 bits per heavy atom. The minimum Gasteiger partial charge on any atom is -0.477 e. The molecular formula is C15H21N5O2. The first kappa shape index (κ1) is 15.9. The van der Waals surface area contributed by atoms with Gasteiger partial charge in [0.2, 0.25) is 5.88 Å². The van der Waals surface area contributed by atoms with Crippen molar-refractivity contribution in [3.63, 3.8) is 0 Å². The van der Waals surface area contributed by atoms with E-state index in [1.54, 1.807) is 23.0 Å². The molecule has 2 heterocycles. The molecule has 7 heteroatoms. The van der Waals surface area contributed by atoms with E-state index >= 15 is 0 Å². The molecule has 2 rings (SSSR count). The normalized spacial score (nSPS) is 10.5. The maximum atomic E-state index is 12.1. The van der Waals surface area contributed by atoms with Crippen LogP contribution >= 0.6 is 0 Å². The second-order valence-corrected chi connectivity index (χ2v) is 4.83. The van der Waals surface area contributed by atoms with Crippen LogP contribution in [0.2, 0.25) is 0 Å². The third kappa shape index (κ3) is 3.60. The van der Waals surface area contributed by atoms with E-state index in [4.69, 9.17) is 4.74 Å². The molecule has 0 atom stereocenters. The number of nitrogens with zero attached hydrogens (tertiary/aromatic N) is 4. The number of nitrogens with one attached hydrogen (secondary N) is 1. The molecule has 22 heavy (non-hydrogen) atoms. The molecule has 1 N–H and O–H groups in total. The van der Waals surface area contributed by atoms with Crippen LogP contribution in [-0.2, 0) is 0 Å². The zero-order valence-electron chi connectivity index (χ0n) is 13.2. The molecule has 2 aromatic heterocycles. The fraction of sp³-hybridized carbons (Fsp3) is 0.467. The van der Waals surface area contributed by atoms with Gasteiger partial charge in [-0.2, -0.15) is 5.10 Å². The summed E-state index contributed by atoms with van der Waals surface area (Å²) in [5, 5.41) is 15.1. The molecule has 0 fully saturated rings. The van der Waals surface area contributed by atoms with Gasteiger partial charge in [-0.05, 0) is 26.3 Å². The summed E-state index contributed by atoms with van der Waals surface area (Å²) in [5.41, 5.74) is 1.28. The van der Waals surface area contributed by atoms with Crippen LogP contribution in [-0.4, -0.2) is 39.0 Å². The van der Waals surface area contributed by atoms with Crippen molar-refractivity contribution in [1.82, 2.24) is 25.3 Å². The largest absolute Gasteiger partial charge is 0.477 e. The summed E-state index contributed by atoms with van der Waals surface area (Å²) in [5.74, 6) is 0.901. The minimum atomic E-state index is -0.115. The van der Waals surface area contributed by atoms with Gasteiger partial charge in [0.25, 0.3) is 5.91 Å². The van der Waals surface area contributed by atoms with Crippen molar-refractivity contribution in [2.24, 2.45) is 0 Å². The molecule has 0 aliphatic rings. The average Bonchev–Trinajstić information content (AvgIpc) is 2.90. The molecule has 0 aliphatic carbocycles. The molecule has 0 spiro atoms. The Morgan fingerprint density at radius 2 is 2.14 bits per heavy atom. The number of rotatable bonds is 7. The zero-order valence-corrected chi connectivity index (χ0v) is 13.2. The number of aromatic nitrogens is 4. The van der Waals surface area contributed by atoms with Gasteiger partial charge < -0.3 is 10.1 Å². The third-order valence-corrected chi connectivity index (χ3v) is 3.21. The molecule has 0 radical (unpaired) electrons. The second kappa shape index (κ2) is 7.53. The van der Waals surface area contributed by atoms with Crippen molar-refractivity contribution in [3.05, 3.63) is 29.6 Å². The Kier molecular flexibility index (Phi) is 5.46. The van der Waals surface area contributed by atoms with Gasteiger partial charge in [0.05, 0.1) is 24.1 Å². The number of unbranched alkanes of at least 4 members (excludes halogenated alkanes) is 1. The molecule has 0 unspecified atom stereocenters. The van der Waals surface area contributed by atoms with Crippen LogP contribution in [0.25, 0.3) is 5.82 Å². The van der Waals surface area contributed by atoms with Gasteiger partial charge in [0.1, 0.15) is 0 Å². The van der Waals surface area contributed by atoms with E-state index in [-0.39, 0.29) is 5.91 Å². The Balaban J connectivity index is 2.14. The highest BCUT2D eigenvalue weighted by molar-refractivity contribution is 5.95. The SMILES string of the molecule is CCCCNC(=O)c1cnn(-c2ccc(OCC)nn2)c1C. The molecule has 2 aromatic rings. The Morgan fingerprint density at radius 1 is 1.32 bits per heavy atom. The number of ether oxygens (including phenoxy) is 1. The number of hydrogen-bond donors (Lipinski definition) is 1. The standard InChI is InChI=1S/C15H21N5O2/c1-4-6-9-16-15(21)12-10-17-20(11(12)3)13-7-8-14(19-18-13)22-5-2/h7-8,10H,4-6,9H2,1-3H3,(H,16,21). The predicted octanol–water partition coefficient (Wildman–Crippen LogP) is 1.90. The van der Waals surface area contributed by atoms with Gasteiger partial charge in [-0.25, -0.2) is 4.68 Å². The van der Waals surface area contributed by atoms with Crippen LogP contribution in [0.1, 0.15) is 42.7 Å². The maximum Gasteiger partial charge on any atom is 0.254 e. The number of carbonyl (C=O) groups is 1. The van der Waals surface area contributed by atoms with Gasteiger partial charge in [0.15, 0.2) is 5.82 Å². The predicted molar refractivity (Wildman–Crippen MR) is 82.3 cm³/mol. The van der Waals surface area contributed by atoms with Crippen molar-refractivity contribution in [3.8, 4) is 11.7 Å². The highest BCUT2D eigenvalue weighted by Gasteiger charge is 2.15. The first-order valence-corrected chi connectivity index (χ1v) is 7.47. The Bertz CT molecular complexity index is 621. The van der Waals surface area contributed by atoms with Gasteiger partial charge in [-0.3, -0.25) is 4.79 Å². The monoisotopic (exact) mass is 303 g/mol. The summed E-state index contributed by atoms with van der Waals surface area (Å²) in [6.07, 6.45) is 3.55. The average molecular weight is 303 g/mol. The number of amides is 1. The van der Waals surface area contributed by atoms with E-state index in [0.717, 1.165) is 18.5 Å². The highest BCUT2D eigenvalue weighted by Crippen LogP contribution is 2.13. The lowest BCUT2D eigenvalue weighted by Gasteiger charge is -2.06. The van der Waals surface area contributed by atoms with Crippen LogP contribution in [0, 0.1) is 6.92 Å². The lowest BCUT2D eigenvalue weighted by molar-refractivity contribution is 0.0952. The van der Waals surface area contributed by atoms with Gasteiger partial charge >= 0.3 is 0 Å². The molecule has 0 saturated carbocycles. The fourth-order valence-electron chi connectivity index (χ4n) is 1.99. The van der Waals surface area contributed by atoms with Gasteiger partial charge in [0, 0.05) is 12.6 Å². The molecular weight excluding hydrogens is 282 g/mol. The van der Waals surface area contributed by atoms with Crippen LogP contribution in [0.3, 0.4) is 0 Å². The zero-order chi connectivity index (χ0) is 15.9. The summed E-state index contributed by atoms with van der Waals surface area (Å²) >= 11 is 0. The van der Waals surface area contributed by atoms with E-state index in [2.05, 4.69) is 27.5 Å². The van der Waals surface area contributed by atoms with Crippen LogP contribution < -0.4 is 10.1 Å². The summed E-state index contributed by atoms with van der Waals surface area (Å²) in [4.78, 5) is 12.1. The second-order valence-electron chi connectivity index (χ2n) is 4.83. The van der Waals surface area contributed by atoms with Crippen LogP contribution in [0.5, 0.6) is 5.88 Å². The van der Waals surface area contributed by atoms with Gasteiger partial charge in [-0.1, -0.05) is 13.3 Å². The topological polar surface area (TPSA) is 81.9 Å². The van der Waals surface area contributed by atoms with Crippen molar-refractivity contribution in [2.45, 2.75) is 33.6 Å². The van der Waals surface area contributed by atoms with Crippen LogP contribution in [0.15, 0.2) is 18.3 Å². The summed E-state index contributed by atoms with van der Waals surface area (Å²) < 4.78 is 6.85. The molecule has 0 aromatic carbocycles. The summed E-state index contributed by atoms with van der Waals surface area (Å²) in [6, 6.07) is 3.49. The van der Waals surface area contributed by atoms with Crippen molar-refractivity contribution in [2.75, 3.05) is 13.2 Å². The van der Waals surface area contributed by atoms with E-state index in [0.29, 0.717) is 30.4 Å². The van der Waals surface area contributed by atoms with E-state index in [1.165, 1.54) is 0 Å². The van der Waals surface area contributed by atoms with E-state index < -0.39 is 0 Å². The fourth-order valence-corrected chi connectivity index (χ4v) is 1.99. The third-order valence-electron chi connectivity index (χ3n) is 3.21. The number of carbonyl (C=O) groups excluding carboxylic acids is 1. The van der Waals surface area contributed by atoms with Gasteiger partial charge in [-0.15, -0.1) is 10.2 Å². The minimum absolute atomic E-state index is 0.115. The molecule has 118 valence electrons. The molecule has 7 nitrogen and oxygen atoms in total. The Labute approximate surface area is 129 Å². The smallest absolute Gasteiger partial charge is 0.254 e. The molecule has 0 aliphatic heterocycles. The summed E-state index contributed by atoms with van der Waals surface area (Å²) in [7, 11) is 0. The van der Waals surface area contributed by atoms with E-state index in [9.17, 15) is 4.79 Å². The quantitative estimate of drug-likeness (QED) is 0.790. The number of hydrogen-bond acceptors (Lipinski definition) is 5. The molecule has 0 saturated heterocycles. The van der Waals surface area contributed by atoms with Crippen molar-refractivity contribution >= 4 is 5.91 Å². The molecule has 0 bridgehead atoms. The maximum absolute atomic E-state index is 12.1. The first-order chi connectivity index (χ1) is 10.7. The van der Waals surface area contributed by atoms with Crippen LogP contribution in [0.4, 0.5) is 0 Å². The molecule has 1 amide bonds. The van der Waals surface area contributed by atoms with E-state index in [1.807, 2.05) is 13.8 Å². The highest BCUT2D eigenvalue weighted by atomic mass is 16.5. The van der Waals surface area contributed by atoms with Crippen molar-refractivity contribution < 1.29 is 9.53 Å². The lowest BCUT2D eigenvalue weighted by Crippen LogP contribution is -2.24.